The molecule has 2 aliphatic rings. The molecule has 0 aliphatic carbocycles. The van der Waals surface area contributed by atoms with Crippen molar-refractivity contribution in [3.8, 4) is 11.4 Å². The molecule has 0 radical (unpaired) electrons. The zero-order valence-electron chi connectivity index (χ0n) is 17.1. The van der Waals surface area contributed by atoms with Crippen LogP contribution >= 0.6 is 15.9 Å². The maximum absolute atomic E-state index is 13.1. The molecular formula is C22H21BrN6O2. The predicted octanol–water partition coefficient (Wildman–Crippen LogP) is 3.72. The number of aryl methyl sites for hydroxylation is 2. The average molecular weight is 481 g/mol. The third-order valence-corrected chi connectivity index (χ3v) is 6.08. The van der Waals surface area contributed by atoms with Crippen molar-refractivity contribution in [2.45, 2.75) is 38.9 Å². The standard InChI is InChI=1S/C22H21BrN6O2/c1-13-6-7-17(14(2)8-13)18-10-19-22(30)28(24-12-29(19)26-18)11-20-25-21(27-31-20)15-4-3-5-16(23)9-15/h3-9,12,18-19,26H,10-11H2,1-2H3. The van der Waals surface area contributed by atoms with Gasteiger partial charge in [-0.05, 0) is 43.5 Å². The van der Waals surface area contributed by atoms with E-state index in [1.165, 1.54) is 21.7 Å². The minimum Gasteiger partial charge on any atom is -0.337 e. The zero-order valence-corrected chi connectivity index (χ0v) is 18.7. The summed E-state index contributed by atoms with van der Waals surface area (Å²) in [6, 6.07) is 13.8. The Bertz CT molecular complexity index is 1180. The third kappa shape index (κ3) is 3.86. The Hall–Kier alpha value is -3.04. The fourth-order valence-electron chi connectivity index (χ4n) is 4.06. The molecule has 9 heteroatoms. The number of hydrazone groups is 1. The van der Waals surface area contributed by atoms with Crippen molar-refractivity contribution in [1.82, 2.24) is 25.6 Å². The number of fused-ring (bicyclic) bond motifs is 1. The molecule has 158 valence electrons. The van der Waals surface area contributed by atoms with E-state index in [1.54, 1.807) is 11.3 Å². The molecule has 3 heterocycles. The highest BCUT2D eigenvalue weighted by Gasteiger charge is 2.41. The van der Waals surface area contributed by atoms with E-state index in [0.717, 1.165) is 10.0 Å². The van der Waals surface area contributed by atoms with Gasteiger partial charge in [0.05, 0.1) is 6.04 Å². The Labute approximate surface area is 188 Å². The number of nitrogens with zero attached hydrogens (tertiary/aromatic N) is 5. The molecule has 1 aromatic heterocycles. The quantitative estimate of drug-likeness (QED) is 0.612. The van der Waals surface area contributed by atoms with Crippen LogP contribution in [0.2, 0.25) is 0 Å². The van der Waals surface area contributed by atoms with E-state index in [4.69, 9.17) is 4.52 Å². The summed E-state index contributed by atoms with van der Waals surface area (Å²) in [4.78, 5) is 17.5. The molecule has 1 fully saturated rings. The Kier molecular flexibility index (Phi) is 5.07. The minimum atomic E-state index is -0.323. The van der Waals surface area contributed by atoms with Gasteiger partial charge in [-0.3, -0.25) is 9.80 Å². The summed E-state index contributed by atoms with van der Waals surface area (Å²) in [6.07, 6.45) is 2.32. The van der Waals surface area contributed by atoms with E-state index in [1.807, 2.05) is 24.3 Å². The van der Waals surface area contributed by atoms with E-state index in [0.29, 0.717) is 18.1 Å². The lowest BCUT2D eigenvalue weighted by molar-refractivity contribution is -0.137. The maximum Gasteiger partial charge on any atom is 0.267 e. The molecule has 8 nitrogen and oxygen atoms in total. The second-order valence-corrected chi connectivity index (χ2v) is 8.77. The van der Waals surface area contributed by atoms with Crippen LogP contribution in [0.3, 0.4) is 0 Å². The first-order chi connectivity index (χ1) is 15.0. The number of rotatable bonds is 4. The smallest absolute Gasteiger partial charge is 0.267 e. The van der Waals surface area contributed by atoms with Gasteiger partial charge in [0.25, 0.3) is 5.91 Å². The summed E-state index contributed by atoms with van der Waals surface area (Å²) in [7, 11) is 0. The number of amides is 1. The second-order valence-electron chi connectivity index (χ2n) is 7.85. The lowest BCUT2D eigenvalue weighted by Gasteiger charge is -2.29. The molecular weight excluding hydrogens is 460 g/mol. The van der Waals surface area contributed by atoms with E-state index in [2.05, 4.69) is 68.6 Å². The van der Waals surface area contributed by atoms with Gasteiger partial charge in [0.1, 0.15) is 18.9 Å². The van der Waals surface area contributed by atoms with Gasteiger partial charge in [-0.2, -0.15) is 10.1 Å². The number of carbonyl (C=O) groups is 1. The summed E-state index contributed by atoms with van der Waals surface area (Å²) in [5.41, 5.74) is 7.86. The second kappa shape index (κ2) is 7.90. The van der Waals surface area contributed by atoms with Gasteiger partial charge in [0, 0.05) is 10.0 Å². The summed E-state index contributed by atoms with van der Waals surface area (Å²) in [5.74, 6) is 0.721. The van der Waals surface area contributed by atoms with Crippen LogP contribution in [0.5, 0.6) is 0 Å². The van der Waals surface area contributed by atoms with Gasteiger partial charge in [-0.15, -0.1) is 0 Å². The minimum absolute atomic E-state index is 0.0625. The van der Waals surface area contributed by atoms with E-state index >= 15 is 0 Å². The molecule has 0 bridgehead atoms. The summed E-state index contributed by atoms with van der Waals surface area (Å²) in [6.45, 7) is 4.31. The van der Waals surface area contributed by atoms with Gasteiger partial charge < -0.3 is 4.52 Å². The molecule has 31 heavy (non-hydrogen) atoms. The normalized spacial score (nSPS) is 20.4. The highest BCUT2D eigenvalue weighted by molar-refractivity contribution is 9.10. The lowest BCUT2D eigenvalue weighted by atomic mass is 9.96. The number of nitrogens with one attached hydrogen (secondary N) is 1. The number of benzene rings is 2. The number of aromatic nitrogens is 2. The fraction of sp³-hybridized carbons (Fsp3) is 0.273. The molecule has 2 aliphatic heterocycles. The molecule has 1 N–H and O–H groups in total. The van der Waals surface area contributed by atoms with Crippen molar-refractivity contribution in [3.63, 3.8) is 0 Å². The van der Waals surface area contributed by atoms with Gasteiger partial charge in [0.2, 0.25) is 11.7 Å². The van der Waals surface area contributed by atoms with Crippen molar-refractivity contribution in [2.24, 2.45) is 5.10 Å². The Morgan fingerprint density at radius 2 is 2.10 bits per heavy atom. The zero-order chi connectivity index (χ0) is 21.5. The van der Waals surface area contributed by atoms with Crippen LogP contribution in [0, 0.1) is 13.8 Å². The van der Waals surface area contributed by atoms with Gasteiger partial charge in [0.15, 0.2) is 0 Å². The highest BCUT2D eigenvalue weighted by Crippen LogP contribution is 2.32. The van der Waals surface area contributed by atoms with E-state index < -0.39 is 0 Å². The van der Waals surface area contributed by atoms with Crippen LogP contribution in [-0.4, -0.2) is 38.4 Å². The first-order valence-corrected chi connectivity index (χ1v) is 10.8. The van der Waals surface area contributed by atoms with Gasteiger partial charge in [-0.25, -0.2) is 10.4 Å². The number of hydrazine groups is 1. The number of hydrogen-bond acceptors (Lipinski definition) is 7. The monoisotopic (exact) mass is 480 g/mol. The molecule has 0 saturated carbocycles. The predicted molar refractivity (Wildman–Crippen MR) is 119 cm³/mol. The summed E-state index contributed by atoms with van der Waals surface area (Å²) < 4.78 is 6.30. The van der Waals surface area contributed by atoms with Crippen LogP contribution in [0.4, 0.5) is 0 Å². The van der Waals surface area contributed by atoms with E-state index in [9.17, 15) is 4.79 Å². The van der Waals surface area contributed by atoms with Crippen LogP contribution < -0.4 is 5.43 Å². The SMILES string of the molecule is Cc1ccc(C2CC3C(=O)N(Cc4nc(-c5cccc(Br)c5)no4)N=CN3N2)c(C)c1. The maximum atomic E-state index is 13.1. The van der Waals surface area contributed by atoms with Crippen molar-refractivity contribution in [1.29, 1.82) is 0 Å². The lowest BCUT2D eigenvalue weighted by Crippen LogP contribution is -2.50. The highest BCUT2D eigenvalue weighted by atomic mass is 79.9. The molecule has 2 unspecified atom stereocenters. The molecule has 3 aromatic rings. The molecule has 2 atom stereocenters. The Balaban J connectivity index is 1.30. The summed E-state index contributed by atoms with van der Waals surface area (Å²) >= 11 is 3.44. The first kappa shape index (κ1) is 19.9. The molecule has 1 saturated heterocycles. The molecule has 2 aromatic carbocycles. The molecule has 1 amide bonds. The van der Waals surface area contributed by atoms with Gasteiger partial charge >= 0.3 is 0 Å². The first-order valence-electron chi connectivity index (χ1n) is 10.0. The van der Waals surface area contributed by atoms with Crippen molar-refractivity contribution in [3.05, 3.63) is 69.5 Å². The molecule has 5 rings (SSSR count). The van der Waals surface area contributed by atoms with Crippen LogP contribution in [-0.2, 0) is 11.3 Å². The largest absolute Gasteiger partial charge is 0.337 e. The van der Waals surface area contributed by atoms with E-state index in [-0.39, 0.29) is 24.5 Å². The third-order valence-electron chi connectivity index (χ3n) is 5.59. The fourth-order valence-corrected chi connectivity index (χ4v) is 4.46. The van der Waals surface area contributed by atoms with Crippen LogP contribution in [0.25, 0.3) is 11.4 Å². The number of halogens is 1. The topological polar surface area (TPSA) is 86.9 Å². The number of hydrogen-bond donors (Lipinski definition) is 1. The number of carbonyl (C=O) groups excluding carboxylic acids is 1. The van der Waals surface area contributed by atoms with Crippen molar-refractivity contribution >= 4 is 28.2 Å². The summed E-state index contributed by atoms with van der Waals surface area (Å²) in [5, 5.41) is 11.5. The van der Waals surface area contributed by atoms with Crippen LogP contribution in [0.15, 0.2) is 56.6 Å². The average Bonchev–Trinajstić information content (AvgIpc) is 3.38. The van der Waals surface area contributed by atoms with Crippen molar-refractivity contribution in [2.75, 3.05) is 0 Å². The molecule has 0 spiro atoms. The van der Waals surface area contributed by atoms with Gasteiger partial charge in [-0.1, -0.05) is 57.0 Å². The van der Waals surface area contributed by atoms with Crippen LogP contribution in [0.1, 0.15) is 35.0 Å². The Morgan fingerprint density at radius 3 is 2.90 bits per heavy atom. The Morgan fingerprint density at radius 1 is 1.23 bits per heavy atom. The van der Waals surface area contributed by atoms with Crippen molar-refractivity contribution < 1.29 is 9.32 Å².